The largest absolute Gasteiger partial charge is 0.471 e. The minimum Gasteiger partial charge on any atom is -0.471 e. The normalized spacial score (nSPS) is 22.9. The number of hydrogen-bond acceptors (Lipinski definition) is 4. The Morgan fingerprint density at radius 2 is 1.65 bits per heavy atom. The number of nitrogens with one attached hydrogen (secondary N) is 1. The van der Waals surface area contributed by atoms with Crippen LogP contribution in [-0.4, -0.2) is 37.2 Å². The zero-order chi connectivity index (χ0) is 17.2. The number of rotatable bonds is 11. The molecule has 0 bridgehead atoms. The molecule has 1 aliphatic rings. The molecule has 0 saturated carbocycles. The highest BCUT2D eigenvalue weighted by Gasteiger charge is 2.39. The van der Waals surface area contributed by atoms with Gasteiger partial charge in [-0.15, -0.1) is 0 Å². The van der Waals surface area contributed by atoms with Crippen molar-refractivity contribution in [1.82, 2.24) is 5.32 Å². The Morgan fingerprint density at radius 3 is 2.17 bits per heavy atom. The van der Waals surface area contributed by atoms with E-state index in [9.17, 15) is 8.42 Å². The first kappa shape index (κ1) is 20.7. The van der Waals surface area contributed by atoms with Crippen LogP contribution in [0.5, 0.6) is 0 Å². The van der Waals surface area contributed by atoms with Crippen LogP contribution in [0.4, 0.5) is 0 Å². The lowest BCUT2D eigenvalue weighted by atomic mass is 10.0. The molecule has 6 heteroatoms. The number of thiocarbonyl (C=S) groups is 1. The lowest BCUT2D eigenvalue weighted by Crippen LogP contribution is -2.47. The van der Waals surface area contributed by atoms with Crippen molar-refractivity contribution in [2.24, 2.45) is 0 Å². The van der Waals surface area contributed by atoms with Gasteiger partial charge in [0.2, 0.25) is 0 Å². The maximum Gasteiger partial charge on any atom is 0.257 e. The predicted molar refractivity (Wildman–Crippen MR) is 101 cm³/mol. The summed E-state index contributed by atoms with van der Waals surface area (Å²) < 4.78 is 28.6. The highest BCUT2D eigenvalue weighted by atomic mass is 32.2. The molecule has 0 radical (unpaired) electrons. The quantitative estimate of drug-likeness (QED) is 0.444. The van der Waals surface area contributed by atoms with Gasteiger partial charge in [0.05, 0.1) is 23.7 Å². The van der Waals surface area contributed by atoms with Crippen molar-refractivity contribution in [3.8, 4) is 0 Å². The number of ether oxygens (including phenoxy) is 1. The van der Waals surface area contributed by atoms with Crippen LogP contribution in [0.3, 0.4) is 0 Å². The number of sulfone groups is 1. The van der Waals surface area contributed by atoms with Gasteiger partial charge in [-0.05, 0) is 32.0 Å². The molecule has 1 heterocycles. The number of unbranched alkanes of at least 4 members (excludes halogenated alkanes) is 8. The highest BCUT2D eigenvalue weighted by molar-refractivity contribution is 7.91. The summed E-state index contributed by atoms with van der Waals surface area (Å²) >= 11 is 5.17. The molecule has 0 amide bonds. The van der Waals surface area contributed by atoms with Gasteiger partial charge in [-0.3, -0.25) is 0 Å². The molecule has 4 nitrogen and oxygen atoms in total. The van der Waals surface area contributed by atoms with Crippen LogP contribution in [0.1, 0.15) is 78.1 Å². The SMILES string of the molecule is CCCCCCCCCCCOC(=S)NC1(C)CCS(=O)(=O)C1. The first-order chi connectivity index (χ1) is 10.9. The molecule has 0 aliphatic carbocycles. The maximum atomic E-state index is 11.5. The minimum absolute atomic E-state index is 0.140. The summed E-state index contributed by atoms with van der Waals surface area (Å²) in [5, 5.41) is 3.41. The van der Waals surface area contributed by atoms with Crippen molar-refractivity contribution in [1.29, 1.82) is 0 Å². The van der Waals surface area contributed by atoms with Gasteiger partial charge in [-0.1, -0.05) is 58.3 Å². The topological polar surface area (TPSA) is 55.4 Å². The van der Waals surface area contributed by atoms with Crippen LogP contribution in [0.15, 0.2) is 0 Å². The molecular weight excluding hydrogens is 330 g/mol. The Labute approximate surface area is 147 Å². The minimum atomic E-state index is -2.92. The molecular formula is C17H33NO3S2. The Morgan fingerprint density at radius 1 is 1.09 bits per heavy atom. The predicted octanol–water partition coefficient (Wildman–Crippen LogP) is 3.99. The molecule has 0 aromatic carbocycles. The fourth-order valence-electron chi connectivity index (χ4n) is 2.97. The van der Waals surface area contributed by atoms with Gasteiger partial charge in [0.25, 0.3) is 5.17 Å². The van der Waals surface area contributed by atoms with Gasteiger partial charge in [-0.2, -0.15) is 0 Å². The zero-order valence-corrected chi connectivity index (χ0v) is 16.4. The summed E-state index contributed by atoms with van der Waals surface area (Å²) in [4.78, 5) is 0. The Bertz CT molecular complexity index is 451. The lowest BCUT2D eigenvalue weighted by molar-refractivity contribution is 0.272. The summed E-state index contributed by atoms with van der Waals surface area (Å²) in [5.41, 5.74) is -0.464. The van der Waals surface area contributed by atoms with Gasteiger partial charge < -0.3 is 10.1 Å². The highest BCUT2D eigenvalue weighted by Crippen LogP contribution is 2.22. The average Bonchev–Trinajstić information content (AvgIpc) is 2.74. The molecule has 1 unspecified atom stereocenters. The van der Waals surface area contributed by atoms with E-state index in [-0.39, 0.29) is 11.5 Å². The van der Waals surface area contributed by atoms with E-state index in [1.54, 1.807) is 0 Å². The summed E-state index contributed by atoms with van der Waals surface area (Å²) in [7, 11) is -2.92. The smallest absolute Gasteiger partial charge is 0.257 e. The van der Waals surface area contributed by atoms with Crippen molar-refractivity contribution >= 4 is 27.2 Å². The van der Waals surface area contributed by atoms with Crippen molar-refractivity contribution in [3.63, 3.8) is 0 Å². The van der Waals surface area contributed by atoms with Gasteiger partial charge in [0.1, 0.15) is 0 Å². The molecule has 1 atom stereocenters. The molecule has 23 heavy (non-hydrogen) atoms. The van der Waals surface area contributed by atoms with Gasteiger partial charge in [0, 0.05) is 0 Å². The second-order valence-corrected chi connectivity index (χ2v) is 9.55. The van der Waals surface area contributed by atoms with Crippen molar-refractivity contribution in [2.45, 2.75) is 83.6 Å². The van der Waals surface area contributed by atoms with E-state index in [1.807, 2.05) is 6.92 Å². The molecule has 0 aromatic rings. The summed E-state index contributed by atoms with van der Waals surface area (Å²) in [6, 6.07) is 0. The molecule has 1 saturated heterocycles. The van der Waals surface area contributed by atoms with E-state index < -0.39 is 15.4 Å². The van der Waals surface area contributed by atoms with Crippen LogP contribution in [0, 0.1) is 0 Å². The molecule has 1 rings (SSSR count). The summed E-state index contributed by atoms with van der Waals surface area (Å²) in [6.07, 6.45) is 12.1. The molecule has 1 N–H and O–H groups in total. The van der Waals surface area contributed by atoms with Crippen LogP contribution in [0.25, 0.3) is 0 Å². The fraction of sp³-hybridized carbons (Fsp3) is 0.941. The van der Waals surface area contributed by atoms with Gasteiger partial charge >= 0.3 is 0 Å². The van der Waals surface area contributed by atoms with E-state index in [0.717, 1.165) is 6.42 Å². The van der Waals surface area contributed by atoms with Crippen molar-refractivity contribution in [2.75, 3.05) is 18.1 Å². The first-order valence-corrected chi connectivity index (χ1v) is 11.3. The van der Waals surface area contributed by atoms with Crippen LogP contribution in [-0.2, 0) is 14.6 Å². The van der Waals surface area contributed by atoms with Crippen LogP contribution < -0.4 is 5.32 Å². The Balaban J connectivity index is 1.98. The van der Waals surface area contributed by atoms with Crippen LogP contribution in [0.2, 0.25) is 0 Å². The molecule has 1 aliphatic heterocycles. The van der Waals surface area contributed by atoms with Crippen molar-refractivity contribution < 1.29 is 13.2 Å². The van der Waals surface area contributed by atoms with E-state index in [0.29, 0.717) is 18.2 Å². The van der Waals surface area contributed by atoms with E-state index in [2.05, 4.69) is 12.2 Å². The first-order valence-electron chi connectivity index (χ1n) is 9.02. The van der Waals surface area contributed by atoms with E-state index in [1.165, 1.54) is 51.4 Å². The standard InChI is InChI=1S/C17H33NO3S2/c1-3-4-5-6-7-8-9-10-11-13-21-16(22)18-17(2)12-14-23(19,20)15-17/h3-15H2,1-2H3,(H,18,22). The fourth-order valence-corrected chi connectivity index (χ4v) is 5.39. The third-order valence-corrected chi connectivity index (χ3v) is 6.51. The second kappa shape index (κ2) is 10.5. The maximum absolute atomic E-state index is 11.5. The van der Waals surface area contributed by atoms with E-state index in [4.69, 9.17) is 17.0 Å². The summed E-state index contributed by atoms with van der Waals surface area (Å²) in [6.45, 7) is 4.75. The second-order valence-electron chi connectivity index (χ2n) is 6.99. The van der Waals surface area contributed by atoms with Gasteiger partial charge in [0.15, 0.2) is 9.84 Å². The number of hydrogen-bond donors (Lipinski definition) is 1. The summed E-state index contributed by atoms with van der Waals surface area (Å²) in [5.74, 6) is 0.374. The van der Waals surface area contributed by atoms with Crippen molar-refractivity contribution in [3.05, 3.63) is 0 Å². The third kappa shape index (κ3) is 9.50. The Kier molecular flexibility index (Phi) is 9.44. The zero-order valence-electron chi connectivity index (χ0n) is 14.7. The van der Waals surface area contributed by atoms with E-state index >= 15 is 0 Å². The Hall–Kier alpha value is -0.360. The molecule has 136 valence electrons. The van der Waals surface area contributed by atoms with Crippen LogP contribution >= 0.6 is 12.2 Å². The molecule has 0 spiro atoms. The molecule has 0 aromatic heterocycles. The third-order valence-electron chi connectivity index (χ3n) is 4.39. The average molecular weight is 364 g/mol. The monoisotopic (exact) mass is 363 g/mol. The van der Waals surface area contributed by atoms with Gasteiger partial charge in [-0.25, -0.2) is 8.42 Å². The lowest BCUT2D eigenvalue weighted by Gasteiger charge is -2.25. The molecule has 1 fully saturated rings.